The summed E-state index contributed by atoms with van der Waals surface area (Å²) in [5, 5.41) is 17.5. The van der Waals surface area contributed by atoms with Crippen LogP contribution in [0.25, 0.3) is 0 Å². The minimum absolute atomic E-state index is 0.0587. The molecule has 1 atom stereocenters. The topological polar surface area (TPSA) is 83.5 Å². The number of carbonyl (C=O) groups is 1. The van der Waals surface area contributed by atoms with Crippen LogP contribution in [0.3, 0.4) is 0 Å². The van der Waals surface area contributed by atoms with Crippen molar-refractivity contribution in [1.29, 1.82) is 0 Å². The van der Waals surface area contributed by atoms with Crippen LogP contribution in [0.15, 0.2) is 18.2 Å². The molecule has 0 saturated heterocycles. The molecular formula is C9H10FNO3. The second-order valence-corrected chi connectivity index (χ2v) is 2.93. The molecular weight excluding hydrogens is 188 g/mol. The van der Waals surface area contributed by atoms with Gasteiger partial charge in [0.05, 0.1) is 0 Å². The summed E-state index contributed by atoms with van der Waals surface area (Å²) in [7, 11) is 0. The minimum Gasteiger partial charge on any atom is -0.505 e. The molecule has 0 aliphatic heterocycles. The highest BCUT2D eigenvalue weighted by Crippen LogP contribution is 2.17. The Labute approximate surface area is 79.8 Å². The maximum atomic E-state index is 12.6. The Morgan fingerprint density at radius 1 is 1.57 bits per heavy atom. The Balaban J connectivity index is 2.78. The van der Waals surface area contributed by atoms with E-state index in [-0.39, 0.29) is 6.42 Å². The zero-order chi connectivity index (χ0) is 10.7. The average molecular weight is 198 g/mol. The maximum absolute atomic E-state index is 12.6. The number of hydrogen-bond donors (Lipinski definition) is 3. The summed E-state index contributed by atoms with van der Waals surface area (Å²) in [4.78, 5) is 10.4. The summed E-state index contributed by atoms with van der Waals surface area (Å²) in [6.07, 6.45) is 0.0587. The quantitative estimate of drug-likeness (QED) is 0.659. The zero-order valence-electron chi connectivity index (χ0n) is 7.27. The minimum atomic E-state index is -1.13. The molecule has 4 N–H and O–H groups in total. The van der Waals surface area contributed by atoms with Crippen LogP contribution >= 0.6 is 0 Å². The van der Waals surface area contributed by atoms with E-state index >= 15 is 0 Å². The second-order valence-electron chi connectivity index (χ2n) is 2.93. The van der Waals surface area contributed by atoms with Crippen molar-refractivity contribution in [2.24, 2.45) is 5.73 Å². The van der Waals surface area contributed by atoms with Gasteiger partial charge < -0.3 is 15.9 Å². The standard InChI is InChI=1S/C9H10FNO3/c10-6-2-1-5(4-8(6)12)3-7(11)9(13)14/h1-2,4,7,12H,3,11H2,(H,13,14)/t7-/m0/s1/i10-1. The Morgan fingerprint density at radius 3 is 2.71 bits per heavy atom. The normalized spacial score (nSPS) is 12.4. The van der Waals surface area contributed by atoms with E-state index in [4.69, 9.17) is 15.9 Å². The number of phenolic OH excluding ortho intramolecular Hbond substituents is 1. The van der Waals surface area contributed by atoms with E-state index in [1.54, 1.807) is 0 Å². The third-order valence-electron chi connectivity index (χ3n) is 1.78. The smallest absolute Gasteiger partial charge is 0.320 e. The summed E-state index contributed by atoms with van der Waals surface area (Å²) >= 11 is 0. The molecule has 14 heavy (non-hydrogen) atoms. The number of carboxylic acids is 1. The van der Waals surface area contributed by atoms with Gasteiger partial charge in [-0.2, -0.15) is 0 Å². The van der Waals surface area contributed by atoms with Crippen LogP contribution < -0.4 is 5.73 Å². The van der Waals surface area contributed by atoms with Gasteiger partial charge in [0, 0.05) is 0 Å². The summed E-state index contributed by atoms with van der Waals surface area (Å²) in [5.74, 6) is -2.37. The molecule has 1 aromatic rings. The molecule has 0 aliphatic carbocycles. The number of rotatable bonds is 3. The molecule has 0 fully saturated rings. The van der Waals surface area contributed by atoms with E-state index in [0.717, 1.165) is 12.1 Å². The average Bonchev–Trinajstić information content (AvgIpc) is 2.11. The number of halogens is 1. The lowest BCUT2D eigenvalue weighted by Gasteiger charge is -2.06. The van der Waals surface area contributed by atoms with Gasteiger partial charge in [-0.1, -0.05) is 6.07 Å². The summed E-state index contributed by atoms with van der Waals surface area (Å²) in [6, 6.07) is 2.58. The van der Waals surface area contributed by atoms with Crippen LogP contribution in [0.4, 0.5) is 4.39 Å². The zero-order valence-corrected chi connectivity index (χ0v) is 7.27. The molecule has 0 spiro atoms. The molecule has 76 valence electrons. The van der Waals surface area contributed by atoms with Crippen LogP contribution in [0.5, 0.6) is 5.75 Å². The predicted molar refractivity (Wildman–Crippen MR) is 47.4 cm³/mol. The van der Waals surface area contributed by atoms with Crippen molar-refractivity contribution in [3.63, 3.8) is 0 Å². The van der Waals surface area contributed by atoms with Gasteiger partial charge in [-0.25, -0.2) is 4.39 Å². The van der Waals surface area contributed by atoms with Crippen LogP contribution in [0.1, 0.15) is 5.56 Å². The third kappa shape index (κ3) is 2.43. The van der Waals surface area contributed by atoms with E-state index in [2.05, 4.69) is 0 Å². The highest BCUT2D eigenvalue weighted by Gasteiger charge is 2.12. The number of phenols is 1. The molecule has 0 saturated carbocycles. The van der Waals surface area contributed by atoms with Gasteiger partial charge >= 0.3 is 5.97 Å². The van der Waals surface area contributed by atoms with E-state index < -0.39 is 23.6 Å². The molecule has 0 aromatic heterocycles. The first kappa shape index (κ1) is 10.5. The van der Waals surface area contributed by atoms with E-state index in [9.17, 15) is 9.18 Å². The molecule has 0 heterocycles. The van der Waals surface area contributed by atoms with Crippen LogP contribution in [0, 0.1) is 5.82 Å². The highest BCUT2D eigenvalue weighted by molar-refractivity contribution is 5.73. The monoisotopic (exact) mass is 198 g/mol. The largest absolute Gasteiger partial charge is 0.505 e. The number of benzene rings is 1. The molecule has 0 amide bonds. The third-order valence-corrected chi connectivity index (χ3v) is 1.78. The molecule has 0 bridgehead atoms. The molecule has 0 radical (unpaired) electrons. The molecule has 4 nitrogen and oxygen atoms in total. The second kappa shape index (κ2) is 4.06. The van der Waals surface area contributed by atoms with Crippen LogP contribution in [0.2, 0.25) is 0 Å². The van der Waals surface area contributed by atoms with Gasteiger partial charge in [0.15, 0.2) is 11.6 Å². The van der Waals surface area contributed by atoms with Crippen molar-refractivity contribution < 1.29 is 19.4 Å². The van der Waals surface area contributed by atoms with Crippen molar-refractivity contribution in [1.82, 2.24) is 0 Å². The van der Waals surface area contributed by atoms with Gasteiger partial charge in [-0.15, -0.1) is 0 Å². The number of nitrogens with two attached hydrogens (primary N) is 1. The molecule has 0 unspecified atom stereocenters. The van der Waals surface area contributed by atoms with Gasteiger partial charge in [0.2, 0.25) is 0 Å². The number of aliphatic carboxylic acids is 1. The predicted octanol–water partition coefficient (Wildman–Crippen LogP) is 0.486. The van der Waals surface area contributed by atoms with E-state index in [1.807, 2.05) is 0 Å². The Hall–Kier alpha value is -1.62. The Bertz CT molecular complexity index is 354. The summed E-state index contributed by atoms with van der Waals surface area (Å²) in [5.41, 5.74) is 5.75. The first-order valence-corrected chi connectivity index (χ1v) is 3.96. The van der Waals surface area contributed by atoms with E-state index in [1.165, 1.54) is 6.07 Å². The molecule has 0 aliphatic rings. The fourth-order valence-corrected chi connectivity index (χ4v) is 1.03. The first-order chi connectivity index (χ1) is 6.50. The lowest BCUT2D eigenvalue weighted by Crippen LogP contribution is -2.32. The fourth-order valence-electron chi connectivity index (χ4n) is 1.03. The summed E-state index contributed by atoms with van der Waals surface area (Å²) in [6.45, 7) is 0. The molecule has 1 aromatic carbocycles. The van der Waals surface area contributed by atoms with Crippen molar-refractivity contribution in [3.8, 4) is 5.75 Å². The lowest BCUT2D eigenvalue weighted by molar-refractivity contribution is -0.138. The van der Waals surface area contributed by atoms with Crippen molar-refractivity contribution in [2.45, 2.75) is 12.5 Å². The Morgan fingerprint density at radius 2 is 2.21 bits per heavy atom. The first-order valence-electron chi connectivity index (χ1n) is 3.96. The van der Waals surface area contributed by atoms with Crippen molar-refractivity contribution in [2.75, 3.05) is 0 Å². The van der Waals surface area contributed by atoms with Crippen molar-refractivity contribution >= 4 is 5.97 Å². The van der Waals surface area contributed by atoms with Gasteiger partial charge in [-0.05, 0) is 24.1 Å². The number of hydrogen-bond acceptors (Lipinski definition) is 3. The Kier molecular flexibility index (Phi) is 3.03. The van der Waals surface area contributed by atoms with Gasteiger partial charge in [0.1, 0.15) is 6.04 Å². The number of carboxylic acid groups (broad SMARTS) is 1. The van der Waals surface area contributed by atoms with Crippen LogP contribution in [-0.2, 0) is 11.2 Å². The fraction of sp³-hybridized carbons (Fsp3) is 0.222. The SMILES string of the molecule is N[C@@H](Cc1ccc([18F])c(O)c1)C(=O)O. The van der Waals surface area contributed by atoms with E-state index in [0.29, 0.717) is 5.56 Å². The van der Waals surface area contributed by atoms with Gasteiger partial charge in [0.25, 0.3) is 0 Å². The summed E-state index contributed by atoms with van der Waals surface area (Å²) < 4.78 is 12.6. The van der Waals surface area contributed by atoms with Crippen LogP contribution in [-0.4, -0.2) is 22.2 Å². The maximum Gasteiger partial charge on any atom is 0.320 e. The number of aromatic hydroxyl groups is 1. The molecule has 5 heteroatoms. The van der Waals surface area contributed by atoms with Crippen molar-refractivity contribution in [3.05, 3.63) is 29.6 Å². The van der Waals surface area contributed by atoms with Gasteiger partial charge in [-0.3, -0.25) is 4.79 Å². The highest BCUT2D eigenvalue weighted by atomic mass is 18.2. The lowest BCUT2D eigenvalue weighted by atomic mass is 10.1. The molecule has 1 rings (SSSR count).